The molecular formula is C22H25FN2O5S2. The van der Waals surface area contributed by atoms with E-state index in [0.29, 0.717) is 23.2 Å². The van der Waals surface area contributed by atoms with Crippen molar-refractivity contribution in [3.8, 4) is 0 Å². The van der Waals surface area contributed by atoms with Gasteiger partial charge in [-0.3, -0.25) is 9.27 Å². The number of nitrogens with one attached hydrogen (secondary N) is 2. The molecule has 1 amide bonds. The number of cyclic esters (lactones) is 1. The normalized spacial score (nSPS) is 24.0. The molecule has 2 heterocycles. The topological polar surface area (TPSA) is 105 Å². The summed E-state index contributed by atoms with van der Waals surface area (Å²) in [5.41, 5.74) is 2.65. The Labute approximate surface area is 191 Å². The molecule has 3 N–H and O–H groups in total. The number of carbonyl (C=O) groups is 1. The zero-order chi connectivity index (χ0) is 22.9. The summed E-state index contributed by atoms with van der Waals surface area (Å²) in [5, 5.41) is 2.73. The first-order chi connectivity index (χ1) is 15.2. The molecule has 2 fully saturated rings. The van der Waals surface area contributed by atoms with Crippen molar-refractivity contribution in [2.45, 2.75) is 49.1 Å². The summed E-state index contributed by atoms with van der Waals surface area (Å²) in [6.07, 6.45) is 0.870. The number of rotatable bonds is 5. The van der Waals surface area contributed by atoms with E-state index < -0.39 is 28.4 Å². The first kappa shape index (κ1) is 23.0. The molecule has 3 atom stereocenters. The van der Waals surface area contributed by atoms with Crippen LogP contribution in [0.15, 0.2) is 41.3 Å². The van der Waals surface area contributed by atoms with Crippen LogP contribution in [0.2, 0.25) is 0 Å². The van der Waals surface area contributed by atoms with Gasteiger partial charge in [0.25, 0.3) is 10.1 Å². The summed E-state index contributed by atoms with van der Waals surface area (Å²) in [6.45, 7) is 2.51. The van der Waals surface area contributed by atoms with Crippen molar-refractivity contribution in [3.63, 3.8) is 0 Å². The third-order valence-corrected chi connectivity index (χ3v) is 7.71. The lowest BCUT2D eigenvalue weighted by Gasteiger charge is -2.21. The Morgan fingerprint density at radius 2 is 2.06 bits per heavy atom. The number of hydrogen-bond acceptors (Lipinski definition) is 6. The molecule has 2 aromatic rings. The Morgan fingerprint density at radius 1 is 1.25 bits per heavy atom. The molecule has 2 aliphatic heterocycles. The van der Waals surface area contributed by atoms with E-state index in [0.717, 1.165) is 24.2 Å². The predicted octanol–water partition coefficient (Wildman–Crippen LogP) is 3.89. The minimum atomic E-state index is -4.36. The van der Waals surface area contributed by atoms with Crippen LogP contribution >= 0.6 is 11.9 Å². The fourth-order valence-electron chi connectivity index (χ4n) is 4.23. The molecule has 32 heavy (non-hydrogen) atoms. The van der Waals surface area contributed by atoms with Gasteiger partial charge in [-0.25, -0.2) is 9.18 Å². The summed E-state index contributed by atoms with van der Waals surface area (Å²) in [6, 6.07) is 8.73. The highest BCUT2D eigenvalue weighted by Gasteiger charge is 2.36. The molecule has 4 rings (SSSR count). The Bertz CT molecular complexity index is 1120. The average molecular weight is 481 g/mol. The lowest BCUT2D eigenvalue weighted by Crippen LogP contribution is -2.25. The maximum absolute atomic E-state index is 15.0. The number of amides is 1. The van der Waals surface area contributed by atoms with Crippen LogP contribution in [-0.4, -0.2) is 37.5 Å². The van der Waals surface area contributed by atoms with Crippen molar-refractivity contribution >= 4 is 28.2 Å². The number of alkyl carbamates (subject to hydrolysis) is 1. The van der Waals surface area contributed by atoms with E-state index in [9.17, 15) is 17.8 Å². The van der Waals surface area contributed by atoms with Crippen LogP contribution < -0.4 is 10.0 Å². The number of aryl methyl sites for hydroxylation is 1. The van der Waals surface area contributed by atoms with Crippen LogP contribution in [0.1, 0.15) is 47.1 Å². The van der Waals surface area contributed by atoms with Crippen molar-refractivity contribution in [2.24, 2.45) is 0 Å². The van der Waals surface area contributed by atoms with Crippen LogP contribution in [0, 0.1) is 12.7 Å². The fraction of sp³-hybridized carbons (Fsp3) is 0.409. The smallest absolute Gasteiger partial charge is 0.408 e. The highest BCUT2D eigenvalue weighted by Crippen LogP contribution is 2.33. The van der Waals surface area contributed by atoms with Crippen molar-refractivity contribution in [1.29, 1.82) is 0 Å². The van der Waals surface area contributed by atoms with Gasteiger partial charge in [-0.1, -0.05) is 30.1 Å². The maximum Gasteiger partial charge on any atom is 0.408 e. The molecule has 7 nitrogen and oxygen atoms in total. The number of hydrogen-bond donors (Lipinski definition) is 3. The quantitative estimate of drug-likeness (QED) is 0.441. The first-order valence-corrected chi connectivity index (χ1v) is 12.8. The minimum absolute atomic E-state index is 0.0927. The molecule has 10 heteroatoms. The largest absolute Gasteiger partial charge is 0.443 e. The molecule has 0 aromatic heterocycles. The second-order valence-electron chi connectivity index (χ2n) is 8.15. The summed E-state index contributed by atoms with van der Waals surface area (Å²) < 4.78 is 56.1. The summed E-state index contributed by atoms with van der Waals surface area (Å²) in [5.74, 6) is 0.780. The van der Waals surface area contributed by atoms with E-state index in [1.807, 2.05) is 6.07 Å². The predicted molar refractivity (Wildman–Crippen MR) is 120 cm³/mol. The molecule has 172 valence electrons. The fourth-order valence-corrected chi connectivity index (χ4v) is 5.54. The van der Waals surface area contributed by atoms with Gasteiger partial charge in [-0.15, -0.1) is 0 Å². The number of carbonyl (C=O) groups excluding carboxylic acids is 1. The molecule has 2 saturated heterocycles. The number of ether oxygens (including phenoxy) is 1. The second kappa shape index (κ2) is 9.38. The van der Waals surface area contributed by atoms with E-state index >= 15 is 4.39 Å². The lowest BCUT2D eigenvalue weighted by atomic mass is 9.90. The zero-order valence-electron chi connectivity index (χ0n) is 17.5. The minimum Gasteiger partial charge on any atom is -0.443 e. The summed E-state index contributed by atoms with van der Waals surface area (Å²) in [7, 11) is -4.36. The molecule has 0 saturated carbocycles. The van der Waals surface area contributed by atoms with Gasteiger partial charge in [0.1, 0.15) is 11.9 Å². The van der Waals surface area contributed by atoms with E-state index in [2.05, 4.69) is 10.0 Å². The van der Waals surface area contributed by atoms with Gasteiger partial charge in [0.15, 0.2) is 0 Å². The number of halogens is 1. The molecule has 2 aromatic carbocycles. The SMILES string of the molecule is Cc1ccc(S(=O)(=O)O)cc1C[C@H]1OC(=O)NC1c1ccc(C2CCCSNC2)c(F)c1. The summed E-state index contributed by atoms with van der Waals surface area (Å²) >= 11 is 1.66. The first-order valence-electron chi connectivity index (χ1n) is 10.4. The van der Waals surface area contributed by atoms with Crippen LogP contribution in [-0.2, 0) is 21.3 Å². The number of benzene rings is 2. The van der Waals surface area contributed by atoms with Gasteiger partial charge in [0.2, 0.25) is 0 Å². The third-order valence-electron chi connectivity index (χ3n) is 6.00. The summed E-state index contributed by atoms with van der Waals surface area (Å²) in [4.78, 5) is 11.8. The molecule has 0 aliphatic carbocycles. The molecule has 2 unspecified atom stereocenters. The van der Waals surface area contributed by atoms with E-state index in [-0.39, 0.29) is 23.1 Å². The Hall–Kier alpha value is -2.14. The van der Waals surface area contributed by atoms with Crippen molar-refractivity contribution in [3.05, 3.63) is 64.5 Å². The highest BCUT2D eigenvalue weighted by molar-refractivity contribution is 7.97. The standard InChI is InChI=1S/C22H25FN2O5S2/c1-13-4-6-17(32(27,28)29)9-16(13)11-20-21(25-22(26)30-20)14-5-7-18(19(23)10-14)15-3-2-8-31-24-12-15/h4-7,9-10,15,20-21,24H,2-3,8,11-12H2,1H3,(H,25,26)(H,27,28,29)/t15?,20-,21?/m1/s1. The Balaban J connectivity index is 1.58. The molecule has 0 radical (unpaired) electrons. The second-order valence-corrected chi connectivity index (χ2v) is 10.6. The van der Waals surface area contributed by atoms with Gasteiger partial charge in [0.05, 0.1) is 10.9 Å². The third kappa shape index (κ3) is 5.09. The van der Waals surface area contributed by atoms with Crippen molar-refractivity contribution in [2.75, 3.05) is 12.3 Å². The van der Waals surface area contributed by atoms with Gasteiger partial charge in [-0.05, 0) is 60.2 Å². The molecule has 0 spiro atoms. The lowest BCUT2D eigenvalue weighted by molar-refractivity contribution is 0.131. The van der Waals surface area contributed by atoms with Crippen LogP contribution in [0.25, 0.3) is 0 Å². The van der Waals surface area contributed by atoms with Gasteiger partial charge in [-0.2, -0.15) is 8.42 Å². The molecule has 2 aliphatic rings. The van der Waals surface area contributed by atoms with E-state index in [4.69, 9.17) is 4.74 Å². The van der Waals surface area contributed by atoms with Crippen molar-refractivity contribution < 1.29 is 26.9 Å². The van der Waals surface area contributed by atoms with Crippen molar-refractivity contribution in [1.82, 2.24) is 10.0 Å². The Morgan fingerprint density at radius 3 is 2.81 bits per heavy atom. The van der Waals surface area contributed by atoms with Crippen LogP contribution in [0.5, 0.6) is 0 Å². The van der Waals surface area contributed by atoms with Crippen LogP contribution in [0.4, 0.5) is 9.18 Å². The highest BCUT2D eigenvalue weighted by atomic mass is 32.2. The van der Waals surface area contributed by atoms with E-state index in [1.54, 1.807) is 31.0 Å². The maximum atomic E-state index is 15.0. The van der Waals surface area contributed by atoms with E-state index in [1.165, 1.54) is 18.2 Å². The van der Waals surface area contributed by atoms with Gasteiger partial charge in [0, 0.05) is 24.6 Å². The average Bonchev–Trinajstić information content (AvgIpc) is 2.92. The molecular weight excluding hydrogens is 455 g/mol. The van der Waals surface area contributed by atoms with Gasteiger partial charge < -0.3 is 10.1 Å². The molecule has 0 bridgehead atoms. The monoisotopic (exact) mass is 480 g/mol. The zero-order valence-corrected chi connectivity index (χ0v) is 19.1. The van der Waals surface area contributed by atoms with Crippen LogP contribution in [0.3, 0.4) is 0 Å². The Kier molecular flexibility index (Phi) is 6.75. The van der Waals surface area contributed by atoms with Gasteiger partial charge >= 0.3 is 6.09 Å².